The molecule has 19 heavy (non-hydrogen) atoms. The van der Waals surface area contributed by atoms with E-state index >= 15 is 0 Å². The van der Waals surface area contributed by atoms with E-state index in [1.54, 1.807) is 6.07 Å². The van der Waals surface area contributed by atoms with Gasteiger partial charge in [-0.1, -0.05) is 80.4 Å². The zero-order chi connectivity index (χ0) is 13.7. The second-order valence-electron chi connectivity index (χ2n) is 4.68. The molecular formula is C16H15Br2F. The molecule has 0 aliphatic rings. The van der Waals surface area contributed by atoms with E-state index in [1.807, 2.05) is 30.3 Å². The molecule has 0 N–H and O–H groups in total. The van der Waals surface area contributed by atoms with Crippen LogP contribution in [0.4, 0.5) is 4.39 Å². The SMILES string of the molecule is Fc1ccccc1CC(CBr)(CBr)c1ccccc1. The second kappa shape index (κ2) is 6.67. The van der Waals surface area contributed by atoms with Crippen molar-refractivity contribution in [3.63, 3.8) is 0 Å². The molecule has 0 aliphatic carbocycles. The van der Waals surface area contributed by atoms with Crippen molar-refractivity contribution in [3.05, 3.63) is 71.5 Å². The summed E-state index contributed by atoms with van der Waals surface area (Å²) in [5.74, 6) is -0.135. The third-order valence-electron chi connectivity index (χ3n) is 3.38. The van der Waals surface area contributed by atoms with Crippen LogP contribution in [0.2, 0.25) is 0 Å². The molecule has 0 radical (unpaired) electrons. The van der Waals surface area contributed by atoms with Crippen molar-refractivity contribution in [2.45, 2.75) is 11.8 Å². The van der Waals surface area contributed by atoms with E-state index in [2.05, 4.69) is 44.0 Å². The van der Waals surface area contributed by atoms with Crippen LogP contribution in [0.1, 0.15) is 11.1 Å². The lowest BCUT2D eigenvalue weighted by Crippen LogP contribution is -2.33. The quantitative estimate of drug-likeness (QED) is 0.628. The van der Waals surface area contributed by atoms with Gasteiger partial charge in [0.25, 0.3) is 0 Å². The minimum atomic E-state index is -0.135. The first kappa shape index (κ1) is 14.7. The summed E-state index contributed by atoms with van der Waals surface area (Å²) in [5.41, 5.74) is 1.83. The number of hydrogen-bond acceptors (Lipinski definition) is 0. The number of halogens is 3. The predicted octanol–water partition coefficient (Wildman–Crippen LogP) is 5.10. The van der Waals surface area contributed by atoms with Gasteiger partial charge in [-0.15, -0.1) is 0 Å². The van der Waals surface area contributed by atoms with Gasteiger partial charge >= 0.3 is 0 Å². The van der Waals surface area contributed by atoms with Gasteiger partial charge in [0.2, 0.25) is 0 Å². The molecule has 0 saturated heterocycles. The van der Waals surface area contributed by atoms with Crippen LogP contribution in [0, 0.1) is 5.82 Å². The Morgan fingerprint density at radius 2 is 1.42 bits per heavy atom. The summed E-state index contributed by atoms with van der Waals surface area (Å²) in [6.45, 7) is 0. The van der Waals surface area contributed by atoms with Crippen molar-refractivity contribution in [3.8, 4) is 0 Å². The van der Waals surface area contributed by atoms with Gasteiger partial charge in [0.1, 0.15) is 5.82 Å². The Labute approximate surface area is 130 Å². The van der Waals surface area contributed by atoms with Crippen LogP contribution < -0.4 is 0 Å². The maximum atomic E-state index is 13.9. The van der Waals surface area contributed by atoms with Crippen LogP contribution in [-0.2, 0) is 11.8 Å². The van der Waals surface area contributed by atoms with Crippen LogP contribution in [0.3, 0.4) is 0 Å². The molecule has 0 aromatic heterocycles. The average molecular weight is 386 g/mol. The molecular weight excluding hydrogens is 371 g/mol. The van der Waals surface area contributed by atoms with Crippen LogP contribution in [-0.4, -0.2) is 10.7 Å². The highest BCUT2D eigenvalue weighted by atomic mass is 79.9. The molecule has 2 rings (SSSR count). The summed E-state index contributed by atoms with van der Waals surface area (Å²) in [4.78, 5) is 0. The van der Waals surface area contributed by atoms with Crippen LogP contribution in [0.5, 0.6) is 0 Å². The molecule has 0 saturated carbocycles. The molecule has 0 amide bonds. The number of rotatable bonds is 5. The smallest absolute Gasteiger partial charge is 0.126 e. The van der Waals surface area contributed by atoms with Gasteiger partial charge in [-0.3, -0.25) is 0 Å². The zero-order valence-corrected chi connectivity index (χ0v) is 13.6. The topological polar surface area (TPSA) is 0 Å². The molecule has 0 fully saturated rings. The molecule has 0 spiro atoms. The highest BCUT2D eigenvalue weighted by Crippen LogP contribution is 2.33. The maximum absolute atomic E-state index is 13.9. The lowest BCUT2D eigenvalue weighted by atomic mass is 9.79. The fraction of sp³-hybridized carbons (Fsp3) is 0.250. The number of hydrogen-bond donors (Lipinski definition) is 0. The normalized spacial score (nSPS) is 11.5. The maximum Gasteiger partial charge on any atom is 0.126 e. The Balaban J connectivity index is 2.38. The van der Waals surface area contributed by atoms with Crippen molar-refractivity contribution in [1.29, 1.82) is 0 Å². The molecule has 100 valence electrons. The van der Waals surface area contributed by atoms with Crippen LogP contribution in [0.25, 0.3) is 0 Å². The summed E-state index contributed by atoms with van der Waals surface area (Å²) in [6, 6.07) is 17.2. The van der Waals surface area contributed by atoms with E-state index in [0.717, 1.165) is 16.2 Å². The van der Waals surface area contributed by atoms with E-state index in [-0.39, 0.29) is 11.2 Å². The number of alkyl halides is 2. The van der Waals surface area contributed by atoms with Gasteiger partial charge < -0.3 is 0 Å². The average Bonchev–Trinajstić information content (AvgIpc) is 2.48. The summed E-state index contributed by atoms with van der Waals surface area (Å²) in [6.07, 6.45) is 0.667. The largest absolute Gasteiger partial charge is 0.207 e. The van der Waals surface area contributed by atoms with Gasteiger partial charge in [0.15, 0.2) is 0 Å². The molecule has 3 heteroatoms. The lowest BCUT2D eigenvalue weighted by Gasteiger charge is -2.31. The standard InChI is InChI=1S/C16H15Br2F/c17-11-16(12-18,14-7-2-1-3-8-14)10-13-6-4-5-9-15(13)19/h1-9H,10-12H2. The lowest BCUT2D eigenvalue weighted by molar-refractivity contribution is 0.523. The fourth-order valence-electron chi connectivity index (χ4n) is 2.18. The van der Waals surface area contributed by atoms with Crippen LogP contribution >= 0.6 is 31.9 Å². The van der Waals surface area contributed by atoms with E-state index in [9.17, 15) is 4.39 Å². The van der Waals surface area contributed by atoms with E-state index in [4.69, 9.17) is 0 Å². The van der Waals surface area contributed by atoms with E-state index in [0.29, 0.717) is 6.42 Å². The zero-order valence-electron chi connectivity index (χ0n) is 10.5. The third kappa shape index (κ3) is 3.26. The molecule has 0 nitrogen and oxygen atoms in total. The predicted molar refractivity (Wildman–Crippen MR) is 85.8 cm³/mol. The first-order valence-corrected chi connectivity index (χ1v) is 8.37. The summed E-state index contributed by atoms with van der Waals surface area (Å²) in [5, 5.41) is 1.56. The van der Waals surface area contributed by atoms with Gasteiger partial charge in [-0.05, 0) is 23.6 Å². The Morgan fingerprint density at radius 1 is 0.842 bits per heavy atom. The van der Waals surface area contributed by atoms with Gasteiger partial charge in [-0.25, -0.2) is 4.39 Å². The fourth-order valence-corrected chi connectivity index (χ4v) is 4.16. The third-order valence-corrected chi connectivity index (χ3v) is 5.53. The highest BCUT2D eigenvalue weighted by molar-refractivity contribution is 9.09. The number of benzene rings is 2. The minimum Gasteiger partial charge on any atom is -0.207 e. The summed E-state index contributed by atoms with van der Waals surface area (Å²) < 4.78 is 13.9. The van der Waals surface area contributed by atoms with Gasteiger partial charge in [0, 0.05) is 16.1 Å². The van der Waals surface area contributed by atoms with Crippen molar-refractivity contribution >= 4 is 31.9 Å². The first-order valence-electron chi connectivity index (χ1n) is 6.13. The minimum absolute atomic E-state index is 0.135. The molecule has 2 aromatic rings. The summed E-state index contributed by atoms with van der Waals surface area (Å²) >= 11 is 7.20. The van der Waals surface area contributed by atoms with Crippen molar-refractivity contribution < 1.29 is 4.39 Å². The Morgan fingerprint density at radius 3 is 2.00 bits per heavy atom. The van der Waals surface area contributed by atoms with Crippen LogP contribution in [0.15, 0.2) is 54.6 Å². The second-order valence-corrected chi connectivity index (χ2v) is 5.80. The van der Waals surface area contributed by atoms with Gasteiger partial charge in [-0.2, -0.15) is 0 Å². The molecule has 0 aliphatic heterocycles. The van der Waals surface area contributed by atoms with E-state index < -0.39 is 0 Å². The molecule has 2 aromatic carbocycles. The molecule has 0 heterocycles. The Bertz CT molecular complexity index is 521. The van der Waals surface area contributed by atoms with Crippen molar-refractivity contribution in [1.82, 2.24) is 0 Å². The monoisotopic (exact) mass is 384 g/mol. The Kier molecular flexibility index (Phi) is 5.17. The highest BCUT2D eigenvalue weighted by Gasteiger charge is 2.31. The van der Waals surface area contributed by atoms with Crippen molar-refractivity contribution in [2.75, 3.05) is 10.7 Å². The molecule has 0 bridgehead atoms. The van der Waals surface area contributed by atoms with Crippen molar-refractivity contribution in [2.24, 2.45) is 0 Å². The summed E-state index contributed by atoms with van der Waals surface area (Å²) in [7, 11) is 0. The molecule has 0 unspecified atom stereocenters. The molecule has 0 atom stereocenters. The van der Waals surface area contributed by atoms with E-state index in [1.165, 1.54) is 11.6 Å². The van der Waals surface area contributed by atoms with Gasteiger partial charge in [0.05, 0.1) is 0 Å². The first-order chi connectivity index (χ1) is 9.22. The Hall–Kier alpha value is -0.670.